The molecule has 4 N–H and O–H groups in total. The molecular weight excluding hydrogens is 572 g/mol. The van der Waals surface area contributed by atoms with Crippen LogP contribution < -0.4 is 10.0 Å². The van der Waals surface area contributed by atoms with E-state index >= 15 is 0 Å². The second-order valence-electron chi connectivity index (χ2n) is 12.0. The standard InChI is InChI=1S/C30H46N6O6S/c1-6-7-15-35-28(39)26(27(38)20(2)3)32-29(40)30(35)12-16-34(17-13-30)19-25-21(4)33-36(22(25)5)23-8-10-24(11-9-23)43(41,42)31-14-18-37/h8-11,20,26-27,31,37-38H,6-7,12-19H2,1-5H3,(H,32,40)/t26-,27-/m1/s1. The van der Waals surface area contributed by atoms with Crippen molar-refractivity contribution in [1.82, 2.24) is 29.6 Å². The minimum absolute atomic E-state index is 0.0535. The van der Waals surface area contributed by atoms with Crippen molar-refractivity contribution in [2.24, 2.45) is 5.92 Å². The molecule has 2 saturated heterocycles. The average molecular weight is 619 g/mol. The van der Waals surface area contributed by atoms with Gasteiger partial charge in [0.1, 0.15) is 11.6 Å². The highest BCUT2D eigenvalue weighted by atomic mass is 32.2. The quantitative estimate of drug-likeness (QED) is 0.277. The van der Waals surface area contributed by atoms with Gasteiger partial charge in [-0.15, -0.1) is 0 Å². The lowest BCUT2D eigenvalue weighted by Crippen LogP contribution is -2.74. The summed E-state index contributed by atoms with van der Waals surface area (Å²) in [6.07, 6.45) is 1.76. The van der Waals surface area contributed by atoms with Crippen LogP contribution in [0.1, 0.15) is 63.4 Å². The maximum absolute atomic E-state index is 13.6. The number of sulfonamides is 1. The van der Waals surface area contributed by atoms with E-state index in [9.17, 15) is 23.1 Å². The maximum atomic E-state index is 13.6. The SMILES string of the molecule is CCCCN1C(=O)[C@@H]([C@H](O)C(C)C)NC(=O)C12CCN(Cc1c(C)nn(-c3ccc(S(=O)(=O)NCCO)cc3)c1C)CC2. The number of nitrogens with one attached hydrogen (secondary N) is 2. The summed E-state index contributed by atoms with van der Waals surface area (Å²) in [6, 6.07) is 5.51. The van der Waals surface area contributed by atoms with Crippen LogP contribution in [-0.4, -0.2) is 100 Å². The van der Waals surface area contributed by atoms with Gasteiger partial charge in [-0.25, -0.2) is 17.8 Å². The Morgan fingerprint density at radius 2 is 1.79 bits per heavy atom. The van der Waals surface area contributed by atoms with Crippen LogP contribution in [0.3, 0.4) is 0 Å². The van der Waals surface area contributed by atoms with Crippen molar-refractivity contribution in [1.29, 1.82) is 0 Å². The zero-order valence-electron chi connectivity index (χ0n) is 25.8. The number of aryl methyl sites for hydroxylation is 1. The lowest BCUT2D eigenvalue weighted by molar-refractivity contribution is -0.165. The number of likely N-dealkylation sites (tertiary alicyclic amines) is 1. The second-order valence-corrected chi connectivity index (χ2v) is 13.8. The molecule has 13 heteroatoms. The summed E-state index contributed by atoms with van der Waals surface area (Å²) < 4.78 is 28.9. The Hall–Kier alpha value is -2.84. The van der Waals surface area contributed by atoms with Crippen LogP contribution >= 0.6 is 0 Å². The van der Waals surface area contributed by atoms with Gasteiger partial charge in [-0.1, -0.05) is 27.2 Å². The minimum Gasteiger partial charge on any atom is -0.395 e. The molecule has 43 heavy (non-hydrogen) atoms. The smallest absolute Gasteiger partial charge is 0.248 e. The lowest BCUT2D eigenvalue weighted by atomic mass is 9.80. The number of carbonyl (C=O) groups excluding carboxylic acids is 2. The predicted molar refractivity (Wildman–Crippen MR) is 162 cm³/mol. The fourth-order valence-corrected chi connectivity index (χ4v) is 7.10. The molecule has 2 aliphatic heterocycles. The zero-order valence-corrected chi connectivity index (χ0v) is 26.7. The van der Waals surface area contributed by atoms with E-state index in [0.717, 1.165) is 35.5 Å². The van der Waals surface area contributed by atoms with Crippen LogP contribution in [0.4, 0.5) is 0 Å². The molecule has 0 unspecified atom stereocenters. The number of aromatic nitrogens is 2. The van der Waals surface area contributed by atoms with Crippen LogP contribution in [0.15, 0.2) is 29.2 Å². The molecule has 0 aliphatic carbocycles. The van der Waals surface area contributed by atoms with Crippen LogP contribution in [0.5, 0.6) is 0 Å². The van der Waals surface area contributed by atoms with Gasteiger partial charge in [-0.3, -0.25) is 14.5 Å². The van der Waals surface area contributed by atoms with Crippen LogP contribution in [-0.2, 0) is 26.2 Å². The van der Waals surface area contributed by atoms with Gasteiger partial charge in [0.25, 0.3) is 0 Å². The molecule has 2 aliphatic rings. The Morgan fingerprint density at radius 1 is 1.14 bits per heavy atom. The first-order valence-electron chi connectivity index (χ1n) is 15.1. The summed E-state index contributed by atoms with van der Waals surface area (Å²) in [4.78, 5) is 31.3. The first-order chi connectivity index (χ1) is 20.4. The Morgan fingerprint density at radius 3 is 2.37 bits per heavy atom. The third-order valence-electron chi connectivity index (χ3n) is 8.82. The zero-order chi connectivity index (χ0) is 31.5. The van der Waals surface area contributed by atoms with E-state index in [1.165, 1.54) is 12.1 Å². The summed E-state index contributed by atoms with van der Waals surface area (Å²) in [6.45, 7) is 11.7. The van der Waals surface area contributed by atoms with E-state index < -0.39 is 27.7 Å². The number of aliphatic hydroxyl groups is 2. The van der Waals surface area contributed by atoms with E-state index in [-0.39, 0.29) is 35.8 Å². The molecule has 2 atom stereocenters. The Labute approximate surface area is 254 Å². The van der Waals surface area contributed by atoms with Crippen molar-refractivity contribution in [3.05, 3.63) is 41.2 Å². The van der Waals surface area contributed by atoms with Crippen LogP contribution in [0.2, 0.25) is 0 Å². The highest BCUT2D eigenvalue weighted by Gasteiger charge is 2.54. The molecule has 238 valence electrons. The summed E-state index contributed by atoms with van der Waals surface area (Å²) in [5.41, 5.74) is 2.67. The number of rotatable bonds is 12. The molecule has 2 amide bonds. The molecule has 2 aromatic rings. The van der Waals surface area contributed by atoms with E-state index in [2.05, 4.69) is 21.9 Å². The third-order valence-corrected chi connectivity index (χ3v) is 10.3. The van der Waals surface area contributed by atoms with Gasteiger partial charge in [-0.2, -0.15) is 5.10 Å². The van der Waals surface area contributed by atoms with E-state index in [1.807, 2.05) is 27.7 Å². The molecule has 0 saturated carbocycles. The summed E-state index contributed by atoms with van der Waals surface area (Å²) in [5.74, 6) is -0.533. The molecular formula is C30H46N6O6S. The number of aliphatic hydroxyl groups excluding tert-OH is 2. The fourth-order valence-electron chi connectivity index (χ4n) is 6.08. The van der Waals surface area contributed by atoms with Gasteiger partial charge < -0.3 is 20.4 Å². The minimum atomic E-state index is -3.71. The van der Waals surface area contributed by atoms with Crippen molar-refractivity contribution >= 4 is 21.8 Å². The molecule has 4 rings (SSSR count). The third kappa shape index (κ3) is 6.65. The molecule has 1 spiro atoms. The summed E-state index contributed by atoms with van der Waals surface area (Å²) >= 11 is 0. The molecule has 0 bridgehead atoms. The fraction of sp³-hybridized carbons (Fsp3) is 0.633. The van der Waals surface area contributed by atoms with E-state index in [1.54, 1.807) is 21.7 Å². The molecule has 2 fully saturated rings. The van der Waals surface area contributed by atoms with Crippen LogP contribution in [0, 0.1) is 19.8 Å². The van der Waals surface area contributed by atoms with Crippen molar-refractivity contribution in [2.45, 2.75) is 89.4 Å². The van der Waals surface area contributed by atoms with Gasteiger partial charge >= 0.3 is 0 Å². The predicted octanol–water partition coefficient (Wildman–Crippen LogP) is 1.24. The number of carbonyl (C=O) groups is 2. The number of unbranched alkanes of at least 4 members (excludes halogenated alkanes) is 1. The number of nitrogens with zero attached hydrogens (tertiary/aromatic N) is 4. The summed E-state index contributed by atoms with van der Waals surface area (Å²) in [5, 5.41) is 27.2. The van der Waals surface area contributed by atoms with Crippen molar-refractivity contribution < 1.29 is 28.2 Å². The number of hydrogen-bond donors (Lipinski definition) is 4. The Kier molecular flexibility index (Phi) is 10.3. The van der Waals surface area contributed by atoms with Gasteiger partial charge in [-0.05, 0) is 63.3 Å². The van der Waals surface area contributed by atoms with Gasteiger partial charge in [0.05, 0.1) is 29.0 Å². The first-order valence-corrected chi connectivity index (χ1v) is 16.6. The second kappa shape index (κ2) is 13.4. The first kappa shape index (κ1) is 33.1. The highest BCUT2D eigenvalue weighted by Crippen LogP contribution is 2.35. The monoisotopic (exact) mass is 618 g/mol. The van der Waals surface area contributed by atoms with Gasteiger partial charge in [0.15, 0.2) is 0 Å². The van der Waals surface area contributed by atoms with Crippen molar-refractivity contribution in [3.63, 3.8) is 0 Å². The number of benzene rings is 1. The average Bonchev–Trinajstić information content (AvgIpc) is 3.27. The molecule has 0 radical (unpaired) electrons. The molecule has 1 aromatic carbocycles. The lowest BCUT2D eigenvalue weighted by Gasteiger charge is -2.52. The van der Waals surface area contributed by atoms with E-state index in [4.69, 9.17) is 10.2 Å². The largest absolute Gasteiger partial charge is 0.395 e. The van der Waals surface area contributed by atoms with Crippen molar-refractivity contribution in [3.8, 4) is 5.69 Å². The maximum Gasteiger partial charge on any atom is 0.248 e. The molecule has 12 nitrogen and oxygen atoms in total. The number of piperidine rings is 1. The highest BCUT2D eigenvalue weighted by molar-refractivity contribution is 7.89. The number of piperazine rings is 1. The normalized spacial score (nSPS) is 20.2. The van der Waals surface area contributed by atoms with E-state index in [0.29, 0.717) is 39.0 Å². The molecule has 3 heterocycles. The summed E-state index contributed by atoms with van der Waals surface area (Å²) in [7, 11) is -3.71. The van der Waals surface area contributed by atoms with Gasteiger partial charge in [0, 0.05) is 44.0 Å². The number of hydrogen-bond acceptors (Lipinski definition) is 8. The number of amides is 2. The van der Waals surface area contributed by atoms with Gasteiger partial charge in [0.2, 0.25) is 21.8 Å². The van der Waals surface area contributed by atoms with Crippen molar-refractivity contribution in [2.75, 3.05) is 32.8 Å². The Bertz CT molecular complexity index is 1400. The Balaban J connectivity index is 1.48. The molecule has 1 aromatic heterocycles. The van der Waals surface area contributed by atoms with Crippen LogP contribution in [0.25, 0.3) is 5.69 Å². The topological polar surface area (TPSA) is 157 Å².